The van der Waals surface area contributed by atoms with E-state index in [9.17, 15) is 8.42 Å². The highest BCUT2D eigenvalue weighted by Gasteiger charge is 2.38. The SMILES string of the molecule is CCN(CC)c1ccc(C2Nc3ccc(S(=O)(=O)Nc4c(C)cccc4C)cc3C3C=CCC32)cc1. The van der Waals surface area contributed by atoms with Crippen LogP contribution in [0.4, 0.5) is 17.1 Å². The predicted molar refractivity (Wildman–Crippen MR) is 150 cm³/mol. The number of anilines is 3. The largest absolute Gasteiger partial charge is 0.378 e. The van der Waals surface area contributed by atoms with Crippen molar-refractivity contribution in [3.05, 3.63) is 95.1 Å². The number of sulfonamides is 1. The third-order valence-corrected chi connectivity index (χ3v) is 9.09. The Labute approximate surface area is 215 Å². The molecule has 0 amide bonds. The van der Waals surface area contributed by atoms with Crippen LogP contribution in [0.15, 0.2) is 77.7 Å². The number of fused-ring (bicyclic) bond motifs is 3. The van der Waals surface area contributed by atoms with Gasteiger partial charge in [0.1, 0.15) is 0 Å². The lowest BCUT2D eigenvalue weighted by Gasteiger charge is -2.38. The first kappa shape index (κ1) is 24.4. The summed E-state index contributed by atoms with van der Waals surface area (Å²) in [7, 11) is -3.71. The van der Waals surface area contributed by atoms with E-state index in [0.29, 0.717) is 16.5 Å². The minimum Gasteiger partial charge on any atom is -0.378 e. The first-order valence-corrected chi connectivity index (χ1v) is 14.3. The van der Waals surface area contributed by atoms with E-state index in [2.05, 4.69) is 65.2 Å². The molecule has 3 atom stereocenters. The van der Waals surface area contributed by atoms with Crippen LogP contribution in [0.1, 0.15) is 54.5 Å². The molecule has 36 heavy (non-hydrogen) atoms. The zero-order chi connectivity index (χ0) is 25.4. The minimum atomic E-state index is -3.71. The maximum atomic E-state index is 13.4. The Bertz CT molecular complexity index is 1370. The van der Waals surface area contributed by atoms with E-state index in [4.69, 9.17) is 0 Å². The first-order chi connectivity index (χ1) is 17.3. The van der Waals surface area contributed by atoms with Gasteiger partial charge in [0.2, 0.25) is 0 Å². The summed E-state index contributed by atoms with van der Waals surface area (Å²) < 4.78 is 29.5. The highest BCUT2D eigenvalue weighted by Crippen LogP contribution is 2.50. The molecule has 0 fully saturated rings. The number of para-hydroxylation sites is 1. The number of hydrogen-bond acceptors (Lipinski definition) is 4. The van der Waals surface area contributed by atoms with Gasteiger partial charge in [-0.2, -0.15) is 0 Å². The number of rotatable bonds is 7. The van der Waals surface area contributed by atoms with Crippen molar-refractivity contribution in [2.45, 2.75) is 51.0 Å². The van der Waals surface area contributed by atoms with Gasteiger partial charge >= 0.3 is 0 Å². The normalized spacial score (nSPS) is 20.4. The monoisotopic (exact) mass is 501 g/mol. The topological polar surface area (TPSA) is 61.4 Å². The Kier molecular flexibility index (Phi) is 6.56. The fourth-order valence-electron chi connectivity index (χ4n) is 5.72. The molecule has 0 saturated carbocycles. The average molecular weight is 502 g/mol. The summed E-state index contributed by atoms with van der Waals surface area (Å²) >= 11 is 0. The van der Waals surface area contributed by atoms with Crippen molar-refractivity contribution in [3.8, 4) is 0 Å². The summed E-state index contributed by atoms with van der Waals surface area (Å²) in [4.78, 5) is 2.65. The van der Waals surface area contributed by atoms with Crippen molar-refractivity contribution < 1.29 is 8.42 Å². The van der Waals surface area contributed by atoms with E-state index in [0.717, 1.165) is 41.9 Å². The van der Waals surface area contributed by atoms with Crippen molar-refractivity contribution in [1.29, 1.82) is 0 Å². The fraction of sp³-hybridized carbons (Fsp3) is 0.333. The summed E-state index contributed by atoms with van der Waals surface area (Å²) in [5.41, 5.74) is 7.04. The number of nitrogens with one attached hydrogen (secondary N) is 2. The van der Waals surface area contributed by atoms with Crippen LogP contribution in [0, 0.1) is 19.8 Å². The van der Waals surface area contributed by atoms with Crippen molar-refractivity contribution in [2.24, 2.45) is 5.92 Å². The lowest BCUT2D eigenvalue weighted by molar-refractivity contribution is 0.425. The highest BCUT2D eigenvalue weighted by molar-refractivity contribution is 7.92. The molecule has 1 aliphatic carbocycles. The molecular weight excluding hydrogens is 466 g/mol. The van der Waals surface area contributed by atoms with Gasteiger partial charge in [-0.25, -0.2) is 8.42 Å². The molecule has 0 radical (unpaired) electrons. The van der Waals surface area contributed by atoms with Crippen LogP contribution in [0.2, 0.25) is 0 Å². The summed E-state index contributed by atoms with van der Waals surface area (Å²) in [6.45, 7) is 10.2. The van der Waals surface area contributed by atoms with Gasteiger partial charge in [0.05, 0.1) is 16.6 Å². The van der Waals surface area contributed by atoms with E-state index in [1.165, 1.54) is 11.3 Å². The van der Waals surface area contributed by atoms with Gasteiger partial charge in [0, 0.05) is 30.4 Å². The van der Waals surface area contributed by atoms with E-state index in [1.54, 1.807) is 6.07 Å². The molecule has 3 aromatic carbocycles. The van der Waals surface area contributed by atoms with Gasteiger partial charge in [0.15, 0.2) is 0 Å². The molecule has 3 aromatic rings. The van der Waals surface area contributed by atoms with Crippen molar-refractivity contribution in [2.75, 3.05) is 28.0 Å². The number of hydrogen-bond donors (Lipinski definition) is 2. The Balaban J connectivity index is 1.45. The van der Waals surface area contributed by atoms with Crippen LogP contribution >= 0.6 is 0 Å². The lowest BCUT2D eigenvalue weighted by atomic mass is 9.77. The fourth-order valence-corrected chi connectivity index (χ4v) is 6.96. The predicted octanol–water partition coefficient (Wildman–Crippen LogP) is 6.78. The number of benzene rings is 3. The number of allylic oxidation sites excluding steroid dienone is 2. The number of nitrogens with zero attached hydrogens (tertiary/aromatic N) is 1. The summed E-state index contributed by atoms with van der Waals surface area (Å²) in [6.07, 6.45) is 5.45. The molecule has 0 aromatic heterocycles. The highest BCUT2D eigenvalue weighted by atomic mass is 32.2. The third-order valence-electron chi connectivity index (χ3n) is 7.74. The lowest BCUT2D eigenvalue weighted by Crippen LogP contribution is -2.29. The second-order valence-corrected chi connectivity index (χ2v) is 11.5. The second kappa shape index (κ2) is 9.66. The second-order valence-electron chi connectivity index (χ2n) is 9.86. The van der Waals surface area contributed by atoms with Crippen LogP contribution in [-0.2, 0) is 10.0 Å². The maximum Gasteiger partial charge on any atom is 0.261 e. The maximum absolute atomic E-state index is 13.4. The molecule has 2 N–H and O–H groups in total. The molecule has 6 heteroatoms. The van der Waals surface area contributed by atoms with Crippen LogP contribution in [0.25, 0.3) is 0 Å². The first-order valence-electron chi connectivity index (χ1n) is 12.8. The Hall–Kier alpha value is -3.25. The molecule has 0 saturated heterocycles. The minimum absolute atomic E-state index is 0.179. The van der Waals surface area contributed by atoms with Gasteiger partial charge in [0.25, 0.3) is 10.0 Å². The molecule has 5 rings (SSSR count). The average Bonchev–Trinajstić information content (AvgIpc) is 3.37. The van der Waals surface area contributed by atoms with Crippen molar-refractivity contribution >= 4 is 27.1 Å². The molecule has 2 aliphatic rings. The Morgan fingerprint density at radius 1 is 0.972 bits per heavy atom. The van der Waals surface area contributed by atoms with E-state index in [1.807, 2.05) is 44.2 Å². The molecule has 188 valence electrons. The Morgan fingerprint density at radius 2 is 1.67 bits per heavy atom. The van der Waals surface area contributed by atoms with Crippen LogP contribution in [-0.4, -0.2) is 21.5 Å². The van der Waals surface area contributed by atoms with Crippen LogP contribution in [0.5, 0.6) is 0 Å². The summed E-state index contributed by atoms with van der Waals surface area (Å²) in [5, 5.41) is 3.74. The van der Waals surface area contributed by atoms with E-state index in [-0.39, 0.29) is 12.0 Å². The van der Waals surface area contributed by atoms with Crippen molar-refractivity contribution in [3.63, 3.8) is 0 Å². The molecule has 1 heterocycles. The van der Waals surface area contributed by atoms with Gasteiger partial charge in [-0.3, -0.25) is 4.72 Å². The quantitative estimate of drug-likeness (QED) is 0.351. The molecule has 1 aliphatic heterocycles. The molecule has 3 unspecified atom stereocenters. The van der Waals surface area contributed by atoms with E-state index >= 15 is 0 Å². The van der Waals surface area contributed by atoms with Gasteiger partial charge < -0.3 is 10.2 Å². The molecule has 5 nitrogen and oxygen atoms in total. The Morgan fingerprint density at radius 3 is 2.33 bits per heavy atom. The summed E-state index contributed by atoms with van der Waals surface area (Å²) in [5.74, 6) is 0.533. The van der Waals surface area contributed by atoms with Gasteiger partial charge in [-0.05, 0) is 92.6 Å². The third kappa shape index (κ3) is 4.39. The molecule has 0 bridgehead atoms. The molecular formula is C30H35N3O2S. The van der Waals surface area contributed by atoms with Gasteiger partial charge in [-0.15, -0.1) is 0 Å². The zero-order valence-electron chi connectivity index (χ0n) is 21.5. The molecule has 0 spiro atoms. The van der Waals surface area contributed by atoms with Crippen LogP contribution < -0.4 is 14.9 Å². The number of aryl methyl sites for hydroxylation is 2. The van der Waals surface area contributed by atoms with Gasteiger partial charge in [-0.1, -0.05) is 42.5 Å². The van der Waals surface area contributed by atoms with Crippen LogP contribution in [0.3, 0.4) is 0 Å². The van der Waals surface area contributed by atoms with Crippen molar-refractivity contribution in [1.82, 2.24) is 0 Å². The van der Waals surface area contributed by atoms with E-state index < -0.39 is 10.0 Å². The zero-order valence-corrected chi connectivity index (χ0v) is 22.3. The standard InChI is InChI=1S/C30H35N3O2S/c1-5-33(6-2)23-15-13-22(14-16-23)30-26-12-8-11-25(26)27-19-24(17-18-28(27)31-30)36(34,35)32-29-20(3)9-7-10-21(29)4/h7-11,13-19,25-26,30-32H,5-6,12H2,1-4H3. The summed E-state index contributed by atoms with van der Waals surface area (Å²) in [6, 6.07) is 20.3. The smallest absolute Gasteiger partial charge is 0.261 e.